The lowest BCUT2D eigenvalue weighted by molar-refractivity contribution is -0.127. The Balaban J connectivity index is 1.65. The van der Waals surface area contributed by atoms with Crippen LogP contribution < -0.4 is 10.6 Å². The van der Waals surface area contributed by atoms with Crippen LogP contribution in [0, 0.1) is 6.92 Å². The highest BCUT2D eigenvalue weighted by molar-refractivity contribution is 7.09. The maximum Gasteiger partial charge on any atom is 0.248 e. The number of amides is 2. The smallest absolute Gasteiger partial charge is 0.248 e. The Labute approximate surface area is 133 Å². The van der Waals surface area contributed by atoms with E-state index in [-0.39, 0.29) is 11.8 Å². The van der Waals surface area contributed by atoms with Crippen molar-refractivity contribution in [1.29, 1.82) is 0 Å². The van der Waals surface area contributed by atoms with Gasteiger partial charge in [0.05, 0.1) is 10.7 Å². The van der Waals surface area contributed by atoms with Crippen LogP contribution in [0.1, 0.15) is 36.4 Å². The Morgan fingerprint density at radius 2 is 2.32 bits per heavy atom. The summed E-state index contributed by atoms with van der Waals surface area (Å²) in [6.07, 6.45) is 7.09. The molecule has 2 aliphatic rings. The van der Waals surface area contributed by atoms with Gasteiger partial charge in [-0.1, -0.05) is 6.08 Å². The van der Waals surface area contributed by atoms with Crippen LogP contribution in [0.5, 0.6) is 0 Å². The Hall–Kier alpha value is -1.95. The van der Waals surface area contributed by atoms with Gasteiger partial charge in [-0.3, -0.25) is 9.59 Å². The van der Waals surface area contributed by atoms with Gasteiger partial charge < -0.3 is 10.6 Å². The van der Waals surface area contributed by atoms with Crippen molar-refractivity contribution in [3.63, 3.8) is 0 Å². The third-order valence-electron chi connectivity index (χ3n) is 3.92. The van der Waals surface area contributed by atoms with E-state index in [1.165, 1.54) is 0 Å². The molecule has 22 heavy (non-hydrogen) atoms. The monoisotopic (exact) mass is 317 g/mol. The van der Waals surface area contributed by atoms with Crippen molar-refractivity contribution in [2.45, 2.75) is 38.6 Å². The van der Waals surface area contributed by atoms with E-state index in [9.17, 15) is 9.59 Å². The molecule has 0 radical (unpaired) electrons. The summed E-state index contributed by atoms with van der Waals surface area (Å²) in [6, 6.07) is -0.415. The van der Waals surface area contributed by atoms with Gasteiger partial charge in [-0.05, 0) is 44.3 Å². The van der Waals surface area contributed by atoms with Crippen LogP contribution in [0.2, 0.25) is 0 Å². The van der Waals surface area contributed by atoms with Crippen LogP contribution in [0.15, 0.2) is 23.1 Å². The van der Waals surface area contributed by atoms with E-state index in [2.05, 4.69) is 15.6 Å². The second kappa shape index (κ2) is 6.44. The first-order valence-corrected chi connectivity index (χ1v) is 8.43. The van der Waals surface area contributed by atoms with E-state index in [1.54, 1.807) is 11.3 Å². The molecule has 3 rings (SSSR count). The van der Waals surface area contributed by atoms with Crippen molar-refractivity contribution in [2.75, 3.05) is 6.54 Å². The molecule has 2 N–H and O–H groups in total. The fraction of sp³-hybridized carbons (Fsp3) is 0.438. The van der Waals surface area contributed by atoms with Crippen LogP contribution in [-0.2, 0) is 9.59 Å². The summed E-state index contributed by atoms with van der Waals surface area (Å²) in [6.45, 7) is 2.66. The predicted molar refractivity (Wildman–Crippen MR) is 86.3 cm³/mol. The summed E-state index contributed by atoms with van der Waals surface area (Å²) in [5, 5.41) is 8.70. The summed E-state index contributed by atoms with van der Waals surface area (Å²) < 4.78 is 0. The zero-order valence-corrected chi connectivity index (χ0v) is 13.3. The number of hydrogen-bond acceptors (Lipinski definition) is 4. The number of thiazole rings is 1. The molecule has 1 aliphatic heterocycles. The average Bonchev–Trinajstić information content (AvgIpc) is 3.09. The first-order valence-electron chi connectivity index (χ1n) is 7.55. The Morgan fingerprint density at radius 3 is 3.09 bits per heavy atom. The standard InChI is InChI=1S/C16H19N3O2S/c1-10-18-14(9-22-10)11-5-6-12(8-11)15(20)19-13-4-2-3-7-17-16(13)21/h5,8-9,13H,2-4,6-7H2,1H3,(H,17,21)(H,19,20). The van der Waals surface area contributed by atoms with Crippen molar-refractivity contribution < 1.29 is 9.59 Å². The van der Waals surface area contributed by atoms with Gasteiger partial charge in [0, 0.05) is 17.5 Å². The summed E-state index contributed by atoms with van der Waals surface area (Å²) in [4.78, 5) is 28.7. The maximum atomic E-state index is 12.3. The molecule has 0 aromatic carbocycles. The molecule has 2 heterocycles. The van der Waals surface area contributed by atoms with Crippen molar-refractivity contribution in [2.24, 2.45) is 0 Å². The molecular weight excluding hydrogens is 298 g/mol. The molecule has 1 aromatic heterocycles. The van der Waals surface area contributed by atoms with Gasteiger partial charge in [-0.25, -0.2) is 4.98 Å². The molecule has 1 fully saturated rings. The van der Waals surface area contributed by atoms with E-state index in [0.717, 1.165) is 29.1 Å². The van der Waals surface area contributed by atoms with Gasteiger partial charge in [0.1, 0.15) is 6.04 Å². The molecular formula is C16H19N3O2S. The molecule has 116 valence electrons. The molecule has 6 heteroatoms. The molecule has 2 amide bonds. The van der Waals surface area contributed by atoms with Crippen molar-refractivity contribution >= 4 is 28.7 Å². The zero-order chi connectivity index (χ0) is 15.5. The minimum atomic E-state index is -0.415. The molecule has 1 aliphatic carbocycles. The maximum absolute atomic E-state index is 12.3. The van der Waals surface area contributed by atoms with Crippen LogP contribution >= 0.6 is 11.3 Å². The van der Waals surface area contributed by atoms with E-state index >= 15 is 0 Å². The molecule has 0 saturated carbocycles. The van der Waals surface area contributed by atoms with Crippen LogP contribution in [0.3, 0.4) is 0 Å². The Kier molecular flexibility index (Phi) is 4.38. The third-order valence-corrected chi connectivity index (χ3v) is 4.69. The van der Waals surface area contributed by atoms with E-state index in [0.29, 0.717) is 25.0 Å². The van der Waals surface area contributed by atoms with E-state index in [1.807, 2.05) is 24.5 Å². The summed E-state index contributed by atoms with van der Waals surface area (Å²) in [7, 11) is 0. The number of nitrogens with one attached hydrogen (secondary N) is 2. The minimum Gasteiger partial charge on any atom is -0.354 e. The topological polar surface area (TPSA) is 71.1 Å². The largest absolute Gasteiger partial charge is 0.354 e. The summed E-state index contributed by atoms with van der Waals surface area (Å²) in [5.41, 5.74) is 2.59. The average molecular weight is 317 g/mol. The predicted octanol–water partition coefficient (Wildman–Crippen LogP) is 1.95. The first-order chi connectivity index (χ1) is 10.6. The number of carbonyl (C=O) groups is 2. The fourth-order valence-corrected chi connectivity index (χ4v) is 3.31. The highest BCUT2D eigenvalue weighted by atomic mass is 32.1. The van der Waals surface area contributed by atoms with E-state index < -0.39 is 6.04 Å². The van der Waals surface area contributed by atoms with Gasteiger partial charge in [-0.15, -0.1) is 11.3 Å². The molecule has 1 unspecified atom stereocenters. The van der Waals surface area contributed by atoms with E-state index in [4.69, 9.17) is 0 Å². The second-order valence-electron chi connectivity index (χ2n) is 5.60. The lowest BCUT2D eigenvalue weighted by Crippen LogP contribution is -2.45. The molecule has 5 nitrogen and oxygen atoms in total. The summed E-state index contributed by atoms with van der Waals surface area (Å²) in [5.74, 6) is -0.229. The zero-order valence-electron chi connectivity index (χ0n) is 12.5. The van der Waals surface area contributed by atoms with Gasteiger partial charge in [0.2, 0.25) is 11.8 Å². The highest BCUT2D eigenvalue weighted by Gasteiger charge is 2.24. The second-order valence-corrected chi connectivity index (χ2v) is 6.66. The lowest BCUT2D eigenvalue weighted by Gasteiger charge is -2.15. The lowest BCUT2D eigenvalue weighted by atomic mass is 10.1. The number of aryl methyl sites for hydroxylation is 1. The summed E-state index contributed by atoms with van der Waals surface area (Å²) >= 11 is 1.60. The van der Waals surface area contributed by atoms with Crippen molar-refractivity contribution in [1.82, 2.24) is 15.6 Å². The number of nitrogens with zero attached hydrogens (tertiary/aromatic N) is 1. The van der Waals surface area contributed by atoms with Crippen LogP contribution in [-0.4, -0.2) is 29.4 Å². The quantitative estimate of drug-likeness (QED) is 0.895. The number of hydrogen-bond donors (Lipinski definition) is 2. The molecule has 0 spiro atoms. The van der Waals surface area contributed by atoms with Gasteiger partial charge >= 0.3 is 0 Å². The van der Waals surface area contributed by atoms with Gasteiger partial charge in [-0.2, -0.15) is 0 Å². The molecule has 0 bridgehead atoms. The first kappa shape index (κ1) is 15.0. The Morgan fingerprint density at radius 1 is 1.45 bits per heavy atom. The highest BCUT2D eigenvalue weighted by Crippen LogP contribution is 2.27. The molecule has 1 saturated heterocycles. The SMILES string of the molecule is Cc1nc(C2=CCC(C(=O)NC3CCCCNC3=O)=C2)cs1. The number of carbonyl (C=O) groups excluding carboxylic acids is 2. The number of rotatable bonds is 3. The molecule has 1 atom stereocenters. The van der Waals surface area contributed by atoms with Crippen LogP contribution in [0.4, 0.5) is 0 Å². The van der Waals surface area contributed by atoms with Gasteiger partial charge in [0.25, 0.3) is 0 Å². The fourth-order valence-electron chi connectivity index (χ4n) is 2.69. The van der Waals surface area contributed by atoms with Crippen molar-refractivity contribution in [3.8, 4) is 0 Å². The van der Waals surface area contributed by atoms with Gasteiger partial charge in [0.15, 0.2) is 0 Å². The third kappa shape index (κ3) is 3.27. The van der Waals surface area contributed by atoms with Crippen LogP contribution in [0.25, 0.3) is 5.57 Å². The number of aromatic nitrogens is 1. The van der Waals surface area contributed by atoms with Crippen molar-refractivity contribution in [3.05, 3.63) is 33.8 Å². The Bertz CT molecular complexity index is 660. The normalized spacial score (nSPS) is 21.7. The molecule has 1 aromatic rings. The number of allylic oxidation sites excluding steroid dienone is 3. The minimum absolute atomic E-state index is 0.0762.